The van der Waals surface area contributed by atoms with Gasteiger partial charge < -0.3 is 0 Å². The van der Waals surface area contributed by atoms with Crippen molar-refractivity contribution in [2.24, 2.45) is 7.05 Å². The molecule has 0 aromatic carbocycles. The molecule has 1 heterocycles. The van der Waals surface area contributed by atoms with Crippen molar-refractivity contribution in [3.05, 3.63) is 32.6 Å². The van der Waals surface area contributed by atoms with Crippen LogP contribution in [0.1, 0.15) is 5.69 Å². The first-order valence-electron chi connectivity index (χ1n) is 2.85. The fourth-order valence-corrected chi connectivity index (χ4v) is 0.663. The summed E-state index contributed by atoms with van der Waals surface area (Å²) < 4.78 is 1.07. The zero-order valence-corrected chi connectivity index (χ0v) is 5.79. The van der Waals surface area contributed by atoms with Crippen LogP contribution in [-0.4, -0.2) is 9.55 Å². The number of aromatic nitrogens is 2. The van der Waals surface area contributed by atoms with Crippen LogP contribution in [-0.2, 0) is 7.05 Å². The summed E-state index contributed by atoms with van der Waals surface area (Å²) in [6.07, 6.45) is 0. The molecule has 56 valence electrons. The molecule has 5 heteroatoms. The number of nitriles is 1. The number of nitrogens with one attached hydrogen (secondary N) is 1. The third-order valence-corrected chi connectivity index (χ3v) is 1.28. The van der Waals surface area contributed by atoms with E-state index >= 15 is 0 Å². The van der Waals surface area contributed by atoms with Crippen LogP contribution in [0, 0.1) is 11.3 Å². The van der Waals surface area contributed by atoms with Crippen LogP contribution in [0.2, 0.25) is 0 Å². The minimum absolute atomic E-state index is 0.0544. The van der Waals surface area contributed by atoms with Crippen molar-refractivity contribution in [3.8, 4) is 6.07 Å². The first-order chi connectivity index (χ1) is 5.15. The fraction of sp³-hybridized carbons (Fsp3) is 0.167. The van der Waals surface area contributed by atoms with Gasteiger partial charge in [0, 0.05) is 13.1 Å². The molecule has 0 spiro atoms. The van der Waals surface area contributed by atoms with Crippen LogP contribution in [0.3, 0.4) is 0 Å². The van der Waals surface area contributed by atoms with E-state index in [0.717, 1.165) is 10.6 Å². The SMILES string of the molecule is Cn1c(C#N)cc(=O)[nH]c1=O. The Hall–Kier alpha value is -1.83. The highest BCUT2D eigenvalue weighted by molar-refractivity contribution is 5.17. The molecule has 1 aromatic heterocycles. The summed E-state index contributed by atoms with van der Waals surface area (Å²) in [6, 6.07) is 2.79. The number of rotatable bonds is 0. The fourth-order valence-electron chi connectivity index (χ4n) is 0.663. The van der Waals surface area contributed by atoms with Gasteiger partial charge in [-0.25, -0.2) is 4.79 Å². The molecule has 0 radical (unpaired) electrons. The number of hydrogen-bond acceptors (Lipinski definition) is 3. The average molecular weight is 151 g/mol. The van der Waals surface area contributed by atoms with Crippen LogP contribution < -0.4 is 11.2 Å². The highest BCUT2D eigenvalue weighted by Gasteiger charge is 1.98. The summed E-state index contributed by atoms with van der Waals surface area (Å²) >= 11 is 0. The Balaban J connectivity index is 3.66. The van der Waals surface area contributed by atoms with Crippen molar-refractivity contribution in [3.63, 3.8) is 0 Å². The molecule has 0 saturated heterocycles. The molecule has 0 unspecified atom stereocenters. The maximum Gasteiger partial charge on any atom is 0.329 e. The minimum atomic E-state index is -0.575. The van der Waals surface area contributed by atoms with Crippen molar-refractivity contribution in [2.75, 3.05) is 0 Å². The number of aromatic amines is 1. The smallest absolute Gasteiger partial charge is 0.288 e. The van der Waals surface area contributed by atoms with E-state index in [-0.39, 0.29) is 5.69 Å². The molecule has 0 atom stereocenters. The predicted molar refractivity (Wildman–Crippen MR) is 37.0 cm³/mol. The van der Waals surface area contributed by atoms with E-state index in [1.807, 2.05) is 4.98 Å². The monoisotopic (exact) mass is 151 g/mol. The van der Waals surface area contributed by atoms with Gasteiger partial charge in [0.15, 0.2) is 0 Å². The maximum atomic E-state index is 10.8. The lowest BCUT2D eigenvalue weighted by Crippen LogP contribution is -2.29. The molecule has 0 amide bonds. The molecule has 1 rings (SSSR count). The third kappa shape index (κ3) is 1.19. The lowest BCUT2D eigenvalue weighted by atomic mass is 10.4. The van der Waals surface area contributed by atoms with Gasteiger partial charge in [0.25, 0.3) is 5.56 Å². The molecule has 0 bridgehead atoms. The van der Waals surface area contributed by atoms with Gasteiger partial charge in [-0.2, -0.15) is 5.26 Å². The molecule has 0 aliphatic heterocycles. The van der Waals surface area contributed by atoms with Gasteiger partial charge in [-0.15, -0.1) is 0 Å². The van der Waals surface area contributed by atoms with Crippen molar-refractivity contribution in [1.29, 1.82) is 5.26 Å². The zero-order chi connectivity index (χ0) is 8.43. The predicted octanol–water partition coefficient (Wildman–Crippen LogP) is -1.05. The molecule has 0 aliphatic carbocycles. The summed E-state index contributed by atoms with van der Waals surface area (Å²) in [5, 5.41) is 8.40. The highest BCUT2D eigenvalue weighted by Crippen LogP contribution is 1.82. The van der Waals surface area contributed by atoms with Gasteiger partial charge in [0.2, 0.25) is 0 Å². The van der Waals surface area contributed by atoms with E-state index in [4.69, 9.17) is 5.26 Å². The van der Waals surface area contributed by atoms with Crippen LogP contribution >= 0.6 is 0 Å². The molecule has 1 aromatic rings. The number of H-pyrrole nitrogens is 1. The summed E-state index contributed by atoms with van der Waals surface area (Å²) in [4.78, 5) is 23.4. The van der Waals surface area contributed by atoms with E-state index < -0.39 is 11.2 Å². The van der Waals surface area contributed by atoms with Crippen molar-refractivity contribution in [1.82, 2.24) is 9.55 Å². The maximum absolute atomic E-state index is 10.8. The van der Waals surface area contributed by atoms with Gasteiger partial charge in [0.1, 0.15) is 11.8 Å². The van der Waals surface area contributed by atoms with Crippen LogP contribution in [0.5, 0.6) is 0 Å². The first-order valence-corrected chi connectivity index (χ1v) is 2.85. The van der Waals surface area contributed by atoms with Crippen molar-refractivity contribution >= 4 is 0 Å². The first kappa shape index (κ1) is 7.28. The third-order valence-electron chi connectivity index (χ3n) is 1.28. The highest BCUT2D eigenvalue weighted by atomic mass is 16.2. The quantitative estimate of drug-likeness (QED) is 0.513. The number of nitrogens with zero attached hydrogens (tertiary/aromatic N) is 2. The average Bonchev–Trinajstić information content (AvgIpc) is 1.96. The van der Waals surface area contributed by atoms with Crippen LogP contribution in [0.25, 0.3) is 0 Å². The van der Waals surface area contributed by atoms with Crippen molar-refractivity contribution in [2.45, 2.75) is 0 Å². The second kappa shape index (κ2) is 2.42. The van der Waals surface area contributed by atoms with Crippen LogP contribution in [0.15, 0.2) is 15.7 Å². The van der Waals surface area contributed by atoms with Gasteiger partial charge in [0.05, 0.1) is 0 Å². The molecular weight excluding hydrogens is 146 g/mol. The Labute approximate surface area is 61.5 Å². The minimum Gasteiger partial charge on any atom is -0.288 e. The van der Waals surface area contributed by atoms with E-state index in [2.05, 4.69) is 0 Å². The molecule has 1 N–H and O–H groups in total. The Morgan fingerprint density at radius 1 is 1.64 bits per heavy atom. The Morgan fingerprint density at radius 3 is 2.82 bits per heavy atom. The van der Waals surface area contributed by atoms with Crippen molar-refractivity contribution < 1.29 is 0 Å². The van der Waals surface area contributed by atoms with E-state index in [1.165, 1.54) is 7.05 Å². The summed E-state index contributed by atoms with van der Waals surface area (Å²) in [6.45, 7) is 0. The summed E-state index contributed by atoms with van der Waals surface area (Å²) in [7, 11) is 1.41. The van der Waals surface area contributed by atoms with Gasteiger partial charge in [-0.1, -0.05) is 0 Å². The second-order valence-electron chi connectivity index (χ2n) is 1.99. The molecule has 0 saturated carbocycles. The zero-order valence-electron chi connectivity index (χ0n) is 5.79. The van der Waals surface area contributed by atoms with Gasteiger partial charge in [-0.3, -0.25) is 14.3 Å². The largest absolute Gasteiger partial charge is 0.329 e. The van der Waals surface area contributed by atoms with E-state index in [0.29, 0.717) is 0 Å². The second-order valence-corrected chi connectivity index (χ2v) is 1.99. The lowest BCUT2D eigenvalue weighted by Gasteiger charge is -1.95. The Bertz CT molecular complexity index is 421. The molecule has 5 nitrogen and oxygen atoms in total. The Kier molecular flexibility index (Phi) is 1.60. The van der Waals surface area contributed by atoms with Gasteiger partial charge in [-0.05, 0) is 0 Å². The normalized spacial score (nSPS) is 9.09. The molecule has 0 aliphatic rings. The van der Waals surface area contributed by atoms with E-state index in [9.17, 15) is 9.59 Å². The summed E-state index contributed by atoms with van der Waals surface area (Å²) in [5.74, 6) is 0. The van der Waals surface area contributed by atoms with Crippen LogP contribution in [0.4, 0.5) is 0 Å². The lowest BCUT2D eigenvalue weighted by molar-refractivity contribution is 0.785. The van der Waals surface area contributed by atoms with E-state index in [1.54, 1.807) is 6.07 Å². The molecule has 0 fully saturated rings. The number of hydrogen-bond donors (Lipinski definition) is 1. The topological polar surface area (TPSA) is 78.7 Å². The Morgan fingerprint density at radius 2 is 2.27 bits per heavy atom. The molecular formula is C6H5N3O2. The summed E-state index contributed by atoms with van der Waals surface area (Å²) in [5.41, 5.74) is -1.07. The standard InChI is InChI=1S/C6H5N3O2/c1-9-4(3-7)2-5(10)8-6(9)11/h2H,1H3,(H,8,10,11). The van der Waals surface area contributed by atoms with Gasteiger partial charge >= 0.3 is 5.69 Å². The molecule has 11 heavy (non-hydrogen) atoms.